The standard InChI is InChI=1S/C31H28Cl2N4O4/c32-24-14-27(35-16-22-10-12-30(38)36-22)29(40-17-19-9-11-26(37-39)25(34)13-19)15-28(24)41-18-21-7-4-8-23(31(21)33)20-5-2-1-3-6-20/h1-9,11,13-15,22,34-35,39H,10,12,16-18H2,(H,36,38)/b34-25?,37-26-. The summed E-state index contributed by atoms with van der Waals surface area (Å²) in [6.07, 6.45) is 6.10. The predicted molar refractivity (Wildman–Crippen MR) is 162 cm³/mol. The summed E-state index contributed by atoms with van der Waals surface area (Å²) in [6.45, 7) is 0.844. The average molecular weight is 591 g/mol. The van der Waals surface area contributed by atoms with E-state index in [4.69, 9.17) is 43.3 Å². The molecular formula is C31H28Cl2N4O4. The molecule has 5 rings (SSSR count). The highest BCUT2D eigenvalue weighted by Gasteiger charge is 2.21. The molecule has 1 aliphatic heterocycles. The molecular weight excluding hydrogens is 563 g/mol. The lowest BCUT2D eigenvalue weighted by Crippen LogP contribution is -2.31. The quantitative estimate of drug-likeness (QED) is 0.120. The molecule has 0 spiro atoms. The van der Waals surface area contributed by atoms with E-state index in [-0.39, 0.29) is 36.6 Å². The Morgan fingerprint density at radius 2 is 1.83 bits per heavy atom. The van der Waals surface area contributed by atoms with Crippen LogP contribution in [0.15, 0.2) is 89.6 Å². The van der Waals surface area contributed by atoms with Crippen molar-refractivity contribution in [2.75, 3.05) is 18.5 Å². The van der Waals surface area contributed by atoms with Crippen LogP contribution in [0.5, 0.6) is 11.5 Å². The van der Waals surface area contributed by atoms with E-state index in [1.54, 1.807) is 30.4 Å². The van der Waals surface area contributed by atoms with Crippen molar-refractivity contribution in [3.8, 4) is 22.6 Å². The number of amides is 1. The minimum atomic E-state index is 0.00438. The molecule has 1 fully saturated rings. The maximum atomic E-state index is 11.6. The number of nitrogens with zero attached hydrogens (tertiary/aromatic N) is 1. The summed E-state index contributed by atoms with van der Waals surface area (Å²) in [5.41, 5.74) is 4.35. The smallest absolute Gasteiger partial charge is 0.220 e. The highest BCUT2D eigenvalue weighted by atomic mass is 35.5. The van der Waals surface area contributed by atoms with Gasteiger partial charge in [0.15, 0.2) is 0 Å². The third-order valence-electron chi connectivity index (χ3n) is 6.77. The molecule has 210 valence electrons. The molecule has 1 unspecified atom stereocenters. The van der Waals surface area contributed by atoms with E-state index in [1.165, 1.54) is 0 Å². The van der Waals surface area contributed by atoms with Gasteiger partial charge in [0.1, 0.15) is 30.4 Å². The van der Waals surface area contributed by atoms with Crippen LogP contribution in [-0.2, 0) is 11.4 Å². The zero-order valence-electron chi connectivity index (χ0n) is 22.0. The van der Waals surface area contributed by atoms with Crippen LogP contribution in [-0.4, -0.2) is 41.7 Å². The van der Waals surface area contributed by atoms with Crippen molar-refractivity contribution in [2.45, 2.75) is 25.5 Å². The molecule has 1 atom stereocenters. The highest BCUT2D eigenvalue weighted by Crippen LogP contribution is 2.38. The second kappa shape index (κ2) is 12.9. The number of ether oxygens (including phenoxy) is 2. The number of rotatable bonds is 10. The Bertz CT molecular complexity index is 1550. The third kappa shape index (κ3) is 6.90. The SMILES string of the molecule is N=C1C=C(COc2cc(OCc3cccc(-c4ccccc4)c3Cl)c(Cl)cc2NCC2CCC(=O)N2)C=C/C1=N/O. The average Bonchev–Trinajstić information content (AvgIpc) is 3.40. The van der Waals surface area contributed by atoms with Crippen LogP contribution >= 0.6 is 23.2 Å². The van der Waals surface area contributed by atoms with Crippen LogP contribution in [0.25, 0.3) is 11.1 Å². The molecule has 0 bridgehead atoms. The number of nitrogens with one attached hydrogen (secondary N) is 3. The number of carbonyl (C=O) groups is 1. The van der Waals surface area contributed by atoms with Crippen molar-refractivity contribution in [1.82, 2.24) is 5.32 Å². The third-order valence-corrected chi connectivity index (χ3v) is 7.51. The zero-order valence-corrected chi connectivity index (χ0v) is 23.5. The normalized spacial score (nSPS) is 17.4. The Kier molecular flexibility index (Phi) is 8.91. The van der Waals surface area contributed by atoms with Crippen molar-refractivity contribution in [1.29, 1.82) is 5.41 Å². The summed E-state index contributed by atoms with van der Waals surface area (Å²) < 4.78 is 12.3. The van der Waals surface area contributed by atoms with Crippen LogP contribution in [0.4, 0.5) is 5.69 Å². The number of halogens is 2. The molecule has 41 heavy (non-hydrogen) atoms. The lowest BCUT2D eigenvalue weighted by molar-refractivity contribution is -0.119. The van der Waals surface area contributed by atoms with Gasteiger partial charge in [0.05, 0.1) is 21.4 Å². The molecule has 1 heterocycles. The summed E-state index contributed by atoms with van der Waals surface area (Å²) in [5.74, 6) is 0.938. The van der Waals surface area contributed by atoms with Crippen LogP contribution in [0.2, 0.25) is 10.0 Å². The summed E-state index contributed by atoms with van der Waals surface area (Å²) in [6, 6.07) is 19.2. The van der Waals surface area contributed by atoms with E-state index < -0.39 is 0 Å². The van der Waals surface area contributed by atoms with Crippen LogP contribution < -0.4 is 20.1 Å². The van der Waals surface area contributed by atoms with E-state index in [0.717, 1.165) is 28.7 Å². The minimum absolute atomic E-state index is 0.00438. The first-order valence-corrected chi connectivity index (χ1v) is 13.8. The highest BCUT2D eigenvalue weighted by molar-refractivity contribution is 6.50. The van der Waals surface area contributed by atoms with Gasteiger partial charge in [-0.3, -0.25) is 10.2 Å². The molecule has 4 N–H and O–H groups in total. The summed E-state index contributed by atoms with van der Waals surface area (Å²) >= 11 is 13.4. The molecule has 0 saturated carbocycles. The largest absolute Gasteiger partial charge is 0.487 e. The Morgan fingerprint density at radius 1 is 1.02 bits per heavy atom. The fraction of sp³-hybridized carbons (Fsp3) is 0.194. The first-order chi connectivity index (χ1) is 19.9. The number of anilines is 1. The molecule has 3 aromatic carbocycles. The lowest BCUT2D eigenvalue weighted by Gasteiger charge is -2.19. The van der Waals surface area contributed by atoms with Crippen molar-refractivity contribution in [2.24, 2.45) is 5.16 Å². The topological polar surface area (TPSA) is 116 Å². The number of oxime groups is 1. The van der Waals surface area contributed by atoms with Crippen molar-refractivity contribution >= 4 is 46.2 Å². The molecule has 1 aliphatic carbocycles. The molecule has 2 aliphatic rings. The summed E-state index contributed by atoms with van der Waals surface area (Å²) in [4.78, 5) is 11.6. The van der Waals surface area contributed by atoms with Crippen LogP contribution in [0.1, 0.15) is 18.4 Å². The maximum Gasteiger partial charge on any atom is 0.220 e. The summed E-state index contributed by atoms with van der Waals surface area (Å²) in [7, 11) is 0. The molecule has 1 saturated heterocycles. The Labute approximate surface area is 247 Å². The second-order valence-corrected chi connectivity index (χ2v) is 10.4. The number of allylic oxidation sites excluding steroid dienone is 2. The van der Waals surface area contributed by atoms with Gasteiger partial charge in [-0.25, -0.2) is 0 Å². The lowest BCUT2D eigenvalue weighted by atomic mass is 10.0. The number of hydrogen-bond donors (Lipinski definition) is 4. The van der Waals surface area contributed by atoms with Gasteiger partial charge >= 0.3 is 0 Å². The van der Waals surface area contributed by atoms with Gasteiger partial charge in [-0.1, -0.05) is 83.0 Å². The molecule has 10 heteroatoms. The van der Waals surface area contributed by atoms with Gasteiger partial charge in [0.25, 0.3) is 0 Å². The van der Waals surface area contributed by atoms with E-state index >= 15 is 0 Å². The number of benzene rings is 3. The molecule has 1 amide bonds. The molecule has 3 aromatic rings. The Morgan fingerprint density at radius 3 is 2.56 bits per heavy atom. The van der Waals surface area contributed by atoms with Gasteiger partial charge in [-0.15, -0.1) is 0 Å². The number of carbonyl (C=O) groups excluding carboxylic acids is 1. The van der Waals surface area contributed by atoms with Crippen molar-refractivity contribution in [3.63, 3.8) is 0 Å². The van der Waals surface area contributed by atoms with Crippen molar-refractivity contribution < 1.29 is 19.5 Å². The molecule has 0 radical (unpaired) electrons. The Balaban J connectivity index is 1.35. The fourth-order valence-electron chi connectivity index (χ4n) is 4.58. The van der Waals surface area contributed by atoms with Gasteiger partial charge in [0, 0.05) is 36.2 Å². The van der Waals surface area contributed by atoms with E-state index in [1.807, 2.05) is 48.5 Å². The fourth-order valence-corrected chi connectivity index (χ4v) is 5.08. The van der Waals surface area contributed by atoms with E-state index in [2.05, 4.69) is 15.8 Å². The van der Waals surface area contributed by atoms with Gasteiger partial charge in [-0.2, -0.15) is 0 Å². The number of hydrogen-bond acceptors (Lipinski definition) is 7. The van der Waals surface area contributed by atoms with Gasteiger partial charge in [-0.05, 0) is 35.8 Å². The predicted octanol–water partition coefficient (Wildman–Crippen LogP) is 6.65. The van der Waals surface area contributed by atoms with Gasteiger partial charge < -0.3 is 25.3 Å². The van der Waals surface area contributed by atoms with E-state index in [0.29, 0.717) is 40.2 Å². The van der Waals surface area contributed by atoms with Gasteiger partial charge in [0.2, 0.25) is 5.91 Å². The van der Waals surface area contributed by atoms with Crippen LogP contribution in [0.3, 0.4) is 0 Å². The first-order valence-electron chi connectivity index (χ1n) is 13.1. The molecule has 0 aromatic heterocycles. The minimum Gasteiger partial charge on any atom is -0.487 e. The maximum absolute atomic E-state index is 11.6. The van der Waals surface area contributed by atoms with Crippen molar-refractivity contribution in [3.05, 3.63) is 100 Å². The Hall–Kier alpha value is -4.27. The molecule has 8 nitrogen and oxygen atoms in total. The first kappa shape index (κ1) is 28.3. The zero-order chi connectivity index (χ0) is 28.8. The summed E-state index contributed by atoms with van der Waals surface area (Å²) in [5, 5.41) is 27.4. The monoisotopic (exact) mass is 590 g/mol. The second-order valence-electron chi connectivity index (χ2n) is 9.64. The van der Waals surface area contributed by atoms with E-state index in [9.17, 15) is 4.79 Å². The van der Waals surface area contributed by atoms with Crippen LogP contribution in [0, 0.1) is 5.41 Å².